The van der Waals surface area contributed by atoms with Gasteiger partial charge in [-0.2, -0.15) is 0 Å². The van der Waals surface area contributed by atoms with Gasteiger partial charge in [-0.25, -0.2) is 0 Å². The molecular weight excluding hydrogens is 418 g/mol. The summed E-state index contributed by atoms with van der Waals surface area (Å²) in [6, 6.07) is 8.03. The van der Waals surface area contributed by atoms with E-state index in [2.05, 4.69) is 46.9 Å². The van der Waals surface area contributed by atoms with Crippen LogP contribution in [-0.2, 0) is 36.8 Å². The van der Waals surface area contributed by atoms with E-state index >= 15 is 0 Å². The summed E-state index contributed by atoms with van der Waals surface area (Å²) in [5.74, 6) is 0.164. The van der Waals surface area contributed by atoms with Crippen molar-refractivity contribution in [3.8, 4) is 0 Å². The third-order valence-corrected chi connectivity index (χ3v) is 4.87. The zero-order valence-electron chi connectivity index (χ0n) is 21.6. The number of nitrogens with one attached hydrogen (secondary N) is 1. The number of carbonyl (C=O) groups is 2. The smallest absolute Gasteiger partial charge is 0.246 e. The summed E-state index contributed by atoms with van der Waals surface area (Å²) in [6.07, 6.45) is 2.91. The van der Waals surface area contributed by atoms with Gasteiger partial charge in [0.25, 0.3) is 0 Å². The standard InChI is InChI=1S/C27H45NO5/c1-26(2,3)14-13-24(29)12-11-22-7-9-23(10-8-22)19-28-25(30)20-32-17-15-31-16-18-33-21-27(4,5)6/h7-10H,11-21H2,1-6H3,(H,28,30). The molecule has 0 heterocycles. The van der Waals surface area contributed by atoms with Gasteiger partial charge in [0.2, 0.25) is 5.91 Å². The molecular formula is C27H45NO5. The third kappa shape index (κ3) is 17.4. The van der Waals surface area contributed by atoms with Gasteiger partial charge in [-0.3, -0.25) is 9.59 Å². The fourth-order valence-corrected chi connectivity index (χ4v) is 2.88. The van der Waals surface area contributed by atoms with Gasteiger partial charge < -0.3 is 19.5 Å². The fraction of sp³-hybridized carbons (Fsp3) is 0.704. The predicted octanol–water partition coefficient (Wildman–Crippen LogP) is 4.73. The highest BCUT2D eigenvalue weighted by atomic mass is 16.5. The molecule has 0 fully saturated rings. The first-order valence-corrected chi connectivity index (χ1v) is 12.0. The van der Waals surface area contributed by atoms with Crippen molar-refractivity contribution in [2.45, 2.75) is 73.8 Å². The Morgan fingerprint density at radius 2 is 1.33 bits per heavy atom. The fourth-order valence-electron chi connectivity index (χ4n) is 2.88. The van der Waals surface area contributed by atoms with E-state index in [1.54, 1.807) is 0 Å². The van der Waals surface area contributed by atoms with E-state index in [0.717, 1.165) is 24.0 Å². The molecule has 0 aromatic heterocycles. The number of Topliss-reactive ketones (excluding diaryl/α,β-unsaturated/α-hetero) is 1. The van der Waals surface area contributed by atoms with Gasteiger partial charge in [0.05, 0.1) is 33.0 Å². The summed E-state index contributed by atoms with van der Waals surface area (Å²) in [6.45, 7) is 15.9. The number of ketones is 1. The van der Waals surface area contributed by atoms with Crippen molar-refractivity contribution < 1.29 is 23.8 Å². The van der Waals surface area contributed by atoms with Crippen LogP contribution in [-0.4, -0.2) is 51.3 Å². The molecule has 0 aliphatic rings. The first-order chi connectivity index (χ1) is 15.4. The second-order valence-corrected chi connectivity index (χ2v) is 11.0. The number of aryl methyl sites for hydroxylation is 1. The Labute approximate surface area is 200 Å². The quantitative estimate of drug-likeness (QED) is 0.359. The van der Waals surface area contributed by atoms with Crippen LogP contribution >= 0.6 is 0 Å². The molecule has 0 saturated carbocycles. The highest BCUT2D eigenvalue weighted by Gasteiger charge is 2.13. The topological polar surface area (TPSA) is 73.9 Å². The van der Waals surface area contributed by atoms with Crippen molar-refractivity contribution in [1.29, 1.82) is 0 Å². The summed E-state index contributed by atoms with van der Waals surface area (Å²) in [5.41, 5.74) is 2.51. The summed E-state index contributed by atoms with van der Waals surface area (Å²) < 4.78 is 16.3. The van der Waals surface area contributed by atoms with E-state index < -0.39 is 0 Å². The van der Waals surface area contributed by atoms with Crippen LogP contribution < -0.4 is 5.32 Å². The average Bonchev–Trinajstić information content (AvgIpc) is 2.73. The molecule has 0 saturated heterocycles. The number of hydrogen-bond acceptors (Lipinski definition) is 5. The van der Waals surface area contributed by atoms with Crippen molar-refractivity contribution in [1.82, 2.24) is 5.32 Å². The van der Waals surface area contributed by atoms with E-state index in [1.807, 2.05) is 24.3 Å². The Morgan fingerprint density at radius 3 is 1.94 bits per heavy atom. The van der Waals surface area contributed by atoms with Crippen LogP contribution in [0.1, 0.15) is 71.9 Å². The first-order valence-electron chi connectivity index (χ1n) is 12.0. The van der Waals surface area contributed by atoms with Crippen LogP contribution in [0.25, 0.3) is 0 Å². The number of carbonyl (C=O) groups excluding carboxylic acids is 2. The highest BCUT2D eigenvalue weighted by Crippen LogP contribution is 2.21. The SMILES string of the molecule is CC(C)(C)CCC(=O)CCc1ccc(CNC(=O)COCCOCCOCC(C)(C)C)cc1. The molecule has 0 spiro atoms. The van der Waals surface area contributed by atoms with Crippen molar-refractivity contribution >= 4 is 11.7 Å². The van der Waals surface area contributed by atoms with Crippen molar-refractivity contribution in [3.63, 3.8) is 0 Å². The van der Waals surface area contributed by atoms with Gasteiger partial charge >= 0.3 is 0 Å². The summed E-state index contributed by atoms with van der Waals surface area (Å²) in [4.78, 5) is 24.0. The zero-order chi connectivity index (χ0) is 24.7. The molecule has 1 amide bonds. The van der Waals surface area contributed by atoms with Gasteiger partial charge in [0, 0.05) is 19.4 Å². The van der Waals surface area contributed by atoms with Crippen LogP contribution in [0.15, 0.2) is 24.3 Å². The molecule has 33 heavy (non-hydrogen) atoms. The number of benzene rings is 1. The van der Waals surface area contributed by atoms with Crippen LogP contribution in [0.5, 0.6) is 0 Å². The molecule has 0 bridgehead atoms. The summed E-state index contributed by atoms with van der Waals surface area (Å²) in [7, 11) is 0. The Morgan fingerprint density at radius 1 is 0.758 bits per heavy atom. The Hall–Kier alpha value is -1.76. The molecule has 1 N–H and O–H groups in total. The normalized spacial score (nSPS) is 12.1. The van der Waals surface area contributed by atoms with Crippen molar-refractivity contribution in [2.24, 2.45) is 10.8 Å². The maximum atomic E-state index is 12.1. The lowest BCUT2D eigenvalue weighted by Gasteiger charge is -2.17. The van der Waals surface area contributed by atoms with Crippen LogP contribution in [0.2, 0.25) is 0 Å². The van der Waals surface area contributed by atoms with Crippen LogP contribution in [0.3, 0.4) is 0 Å². The van der Waals surface area contributed by atoms with Crippen molar-refractivity contribution in [2.75, 3.05) is 39.6 Å². The Kier molecular flexibility index (Phi) is 13.5. The molecule has 1 aromatic rings. The molecule has 1 rings (SSSR count). The van der Waals surface area contributed by atoms with Gasteiger partial charge in [-0.1, -0.05) is 65.8 Å². The molecule has 0 aliphatic heterocycles. The molecule has 0 radical (unpaired) electrons. The number of rotatable bonds is 16. The highest BCUT2D eigenvalue weighted by molar-refractivity contribution is 5.78. The van der Waals surface area contributed by atoms with Gasteiger partial charge in [-0.15, -0.1) is 0 Å². The number of hydrogen-bond donors (Lipinski definition) is 1. The Balaban J connectivity index is 2.09. The molecule has 0 aliphatic carbocycles. The monoisotopic (exact) mass is 463 g/mol. The first kappa shape index (κ1) is 29.3. The van der Waals surface area contributed by atoms with E-state index in [4.69, 9.17) is 14.2 Å². The lowest BCUT2D eigenvalue weighted by Crippen LogP contribution is -2.27. The second kappa shape index (κ2) is 15.2. The van der Waals surface area contributed by atoms with Crippen molar-refractivity contribution in [3.05, 3.63) is 35.4 Å². The third-order valence-electron chi connectivity index (χ3n) is 4.87. The molecule has 6 nitrogen and oxygen atoms in total. The average molecular weight is 464 g/mol. The lowest BCUT2D eigenvalue weighted by atomic mass is 9.89. The van der Waals surface area contributed by atoms with Crippen LogP contribution in [0.4, 0.5) is 0 Å². The van der Waals surface area contributed by atoms with Gasteiger partial charge in [0.1, 0.15) is 12.4 Å². The molecule has 1 aromatic carbocycles. The minimum Gasteiger partial charge on any atom is -0.379 e. The lowest BCUT2D eigenvalue weighted by molar-refractivity contribution is -0.126. The van der Waals surface area contributed by atoms with Crippen LogP contribution in [0, 0.1) is 10.8 Å². The predicted molar refractivity (Wildman–Crippen MR) is 132 cm³/mol. The zero-order valence-corrected chi connectivity index (χ0v) is 21.6. The number of ether oxygens (including phenoxy) is 3. The summed E-state index contributed by atoms with van der Waals surface area (Å²) >= 11 is 0. The largest absolute Gasteiger partial charge is 0.379 e. The number of amides is 1. The molecule has 188 valence electrons. The van der Waals surface area contributed by atoms with Gasteiger partial charge in [0.15, 0.2) is 0 Å². The maximum Gasteiger partial charge on any atom is 0.246 e. The van der Waals surface area contributed by atoms with E-state index in [-0.39, 0.29) is 23.3 Å². The van der Waals surface area contributed by atoms with E-state index in [1.165, 1.54) is 0 Å². The minimum atomic E-state index is -0.156. The minimum absolute atomic E-state index is 0.0125. The molecule has 6 heteroatoms. The molecule has 0 unspecified atom stereocenters. The molecule has 0 atom stereocenters. The van der Waals surface area contributed by atoms with E-state index in [9.17, 15) is 9.59 Å². The van der Waals surface area contributed by atoms with E-state index in [0.29, 0.717) is 58.2 Å². The Bertz CT molecular complexity index is 686. The maximum absolute atomic E-state index is 12.1. The van der Waals surface area contributed by atoms with Gasteiger partial charge in [-0.05, 0) is 34.8 Å². The summed E-state index contributed by atoms with van der Waals surface area (Å²) in [5, 5.41) is 2.85. The second-order valence-electron chi connectivity index (χ2n) is 11.0.